The molecule has 0 aliphatic heterocycles. The van der Waals surface area contributed by atoms with Gasteiger partial charge in [-0.05, 0) is 46.6 Å². The maximum Gasteiger partial charge on any atom is 0.324 e. The molecule has 0 aliphatic rings. The number of halogens is 1. The van der Waals surface area contributed by atoms with Gasteiger partial charge in [0.05, 0.1) is 15.5 Å². The number of nitrogens with zero attached hydrogens (tertiary/aromatic N) is 1. The van der Waals surface area contributed by atoms with Crippen molar-refractivity contribution in [1.29, 1.82) is 0 Å². The van der Waals surface area contributed by atoms with Crippen LogP contribution < -0.4 is 5.32 Å². The largest absolute Gasteiger partial charge is 0.324 e. The van der Waals surface area contributed by atoms with Gasteiger partial charge in [-0.2, -0.15) is 0 Å². The first-order valence-electron chi connectivity index (χ1n) is 5.29. The van der Waals surface area contributed by atoms with Gasteiger partial charge in [-0.3, -0.25) is 14.9 Å². The van der Waals surface area contributed by atoms with Gasteiger partial charge in [0, 0.05) is 10.5 Å². The van der Waals surface area contributed by atoms with E-state index in [1.54, 1.807) is 0 Å². The molecule has 0 fully saturated rings. The SMILES string of the molecule is Cc1ccc(Br)c(NC(=O)c2ccc([N+](=O)[O-])s2)c1. The van der Waals surface area contributed by atoms with Crippen molar-refractivity contribution in [2.45, 2.75) is 6.92 Å². The van der Waals surface area contributed by atoms with E-state index in [4.69, 9.17) is 0 Å². The highest BCUT2D eigenvalue weighted by Gasteiger charge is 2.16. The predicted molar refractivity (Wildman–Crippen MR) is 77.8 cm³/mol. The maximum atomic E-state index is 12.0. The summed E-state index contributed by atoms with van der Waals surface area (Å²) in [7, 11) is 0. The summed E-state index contributed by atoms with van der Waals surface area (Å²) in [6.45, 7) is 1.91. The minimum absolute atomic E-state index is 0.0477. The Labute approximate surface area is 121 Å². The quantitative estimate of drug-likeness (QED) is 0.678. The summed E-state index contributed by atoms with van der Waals surface area (Å²) in [6, 6.07) is 8.34. The second-order valence-corrected chi connectivity index (χ2v) is 5.75. The van der Waals surface area contributed by atoms with Crippen LogP contribution in [0.2, 0.25) is 0 Å². The zero-order valence-corrected chi connectivity index (χ0v) is 12.2. The van der Waals surface area contributed by atoms with E-state index in [0.717, 1.165) is 21.4 Å². The van der Waals surface area contributed by atoms with Crippen molar-refractivity contribution in [1.82, 2.24) is 0 Å². The van der Waals surface area contributed by atoms with Gasteiger partial charge >= 0.3 is 5.00 Å². The van der Waals surface area contributed by atoms with Crippen LogP contribution in [0.5, 0.6) is 0 Å². The number of amides is 1. The summed E-state index contributed by atoms with van der Waals surface area (Å²) in [4.78, 5) is 22.3. The first-order chi connectivity index (χ1) is 8.97. The van der Waals surface area contributed by atoms with E-state index in [-0.39, 0.29) is 10.9 Å². The Bertz CT molecular complexity index is 654. The Hall–Kier alpha value is -1.73. The molecule has 5 nitrogen and oxygen atoms in total. The molecule has 1 N–H and O–H groups in total. The van der Waals surface area contributed by atoms with E-state index in [1.807, 2.05) is 25.1 Å². The van der Waals surface area contributed by atoms with Gasteiger partial charge in [0.2, 0.25) is 0 Å². The van der Waals surface area contributed by atoms with Crippen LogP contribution in [0.3, 0.4) is 0 Å². The lowest BCUT2D eigenvalue weighted by molar-refractivity contribution is -0.380. The van der Waals surface area contributed by atoms with Crippen LogP contribution >= 0.6 is 27.3 Å². The van der Waals surface area contributed by atoms with Gasteiger partial charge < -0.3 is 5.32 Å². The Balaban J connectivity index is 2.20. The van der Waals surface area contributed by atoms with Crippen LogP contribution in [0.4, 0.5) is 10.7 Å². The number of thiophene rings is 1. The third-order valence-electron chi connectivity index (χ3n) is 2.37. The minimum Gasteiger partial charge on any atom is -0.320 e. The molecule has 2 rings (SSSR count). The first kappa shape index (κ1) is 13.7. The molecule has 0 bridgehead atoms. The molecule has 0 spiro atoms. The number of aryl methyl sites for hydroxylation is 1. The third-order valence-corrected chi connectivity index (χ3v) is 4.09. The van der Waals surface area contributed by atoms with Crippen molar-refractivity contribution in [2.75, 3.05) is 5.32 Å². The van der Waals surface area contributed by atoms with E-state index in [0.29, 0.717) is 10.6 Å². The van der Waals surface area contributed by atoms with Gasteiger partial charge in [-0.1, -0.05) is 17.4 Å². The predicted octanol–water partition coefficient (Wildman–Crippen LogP) is 3.98. The molecule has 1 aromatic heterocycles. The Kier molecular flexibility index (Phi) is 3.96. The van der Waals surface area contributed by atoms with E-state index >= 15 is 0 Å². The zero-order valence-electron chi connectivity index (χ0n) is 9.84. The molecule has 7 heteroatoms. The number of hydrogen-bond donors (Lipinski definition) is 1. The Morgan fingerprint density at radius 3 is 2.74 bits per heavy atom. The number of carbonyl (C=O) groups is 1. The summed E-state index contributed by atoms with van der Waals surface area (Å²) >= 11 is 4.19. The molecule has 0 radical (unpaired) electrons. The summed E-state index contributed by atoms with van der Waals surface area (Å²) in [6.07, 6.45) is 0. The molecular formula is C12H9BrN2O3S. The lowest BCUT2D eigenvalue weighted by Crippen LogP contribution is -2.10. The number of anilines is 1. The zero-order chi connectivity index (χ0) is 14.0. The molecule has 0 aliphatic carbocycles. The second kappa shape index (κ2) is 5.50. The van der Waals surface area contributed by atoms with Gasteiger partial charge in [0.25, 0.3) is 5.91 Å². The van der Waals surface area contributed by atoms with Crippen molar-refractivity contribution in [3.8, 4) is 0 Å². The van der Waals surface area contributed by atoms with Crippen molar-refractivity contribution < 1.29 is 9.72 Å². The van der Waals surface area contributed by atoms with Crippen molar-refractivity contribution in [3.05, 3.63) is 55.4 Å². The number of benzene rings is 1. The number of nitrogens with one attached hydrogen (secondary N) is 1. The molecule has 0 saturated heterocycles. The number of carbonyl (C=O) groups excluding carboxylic acids is 1. The molecule has 19 heavy (non-hydrogen) atoms. The average Bonchev–Trinajstić information content (AvgIpc) is 2.83. The Morgan fingerprint density at radius 1 is 1.37 bits per heavy atom. The summed E-state index contributed by atoms with van der Waals surface area (Å²) in [5, 5.41) is 13.2. The number of rotatable bonds is 3. The topological polar surface area (TPSA) is 72.2 Å². The first-order valence-corrected chi connectivity index (χ1v) is 6.90. The smallest absolute Gasteiger partial charge is 0.320 e. The molecule has 1 aromatic carbocycles. The Morgan fingerprint density at radius 2 is 2.11 bits per heavy atom. The highest BCUT2D eigenvalue weighted by molar-refractivity contribution is 9.10. The fourth-order valence-corrected chi connectivity index (χ4v) is 2.53. The van der Waals surface area contributed by atoms with E-state index < -0.39 is 4.92 Å². The average molecular weight is 341 g/mol. The fraction of sp³-hybridized carbons (Fsp3) is 0.0833. The van der Waals surface area contributed by atoms with Crippen LogP contribution in [-0.4, -0.2) is 10.8 Å². The van der Waals surface area contributed by atoms with Gasteiger partial charge in [0.15, 0.2) is 0 Å². The molecule has 0 unspecified atom stereocenters. The summed E-state index contributed by atoms with van der Waals surface area (Å²) in [5.41, 5.74) is 1.65. The number of nitro groups is 1. The normalized spacial score (nSPS) is 10.2. The van der Waals surface area contributed by atoms with Crippen molar-refractivity contribution >= 4 is 43.9 Å². The van der Waals surface area contributed by atoms with Crippen LogP contribution in [0.1, 0.15) is 15.2 Å². The van der Waals surface area contributed by atoms with E-state index in [9.17, 15) is 14.9 Å². The fourth-order valence-electron chi connectivity index (χ4n) is 1.47. The van der Waals surface area contributed by atoms with Crippen LogP contribution in [-0.2, 0) is 0 Å². The van der Waals surface area contributed by atoms with Crippen LogP contribution in [0.15, 0.2) is 34.8 Å². The molecule has 98 valence electrons. The van der Waals surface area contributed by atoms with Crippen molar-refractivity contribution in [2.24, 2.45) is 0 Å². The lowest BCUT2D eigenvalue weighted by atomic mass is 10.2. The van der Waals surface area contributed by atoms with Gasteiger partial charge in [0.1, 0.15) is 0 Å². The highest BCUT2D eigenvalue weighted by atomic mass is 79.9. The van der Waals surface area contributed by atoms with E-state index in [2.05, 4.69) is 21.2 Å². The van der Waals surface area contributed by atoms with Gasteiger partial charge in [-0.25, -0.2) is 0 Å². The minimum atomic E-state index is -0.510. The summed E-state index contributed by atoms with van der Waals surface area (Å²) < 4.78 is 0.762. The molecule has 0 saturated carbocycles. The second-order valence-electron chi connectivity index (χ2n) is 3.83. The molecule has 1 amide bonds. The lowest BCUT2D eigenvalue weighted by Gasteiger charge is -2.06. The highest BCUT2D eigenvalue weighted by Crippen LogP contribution is 2.27. The van der Waals surface area contributed by atoms with Crippen LogP contribution in [0, 0.1) is 17.0 Å². The van der Waals surface area contributed by atoms with E-state index in [1.165, 1.54) is 12.1 Å². The molecule has 2 aromatic rings. The standard InChI is InChI=1S/C12H9BrN2O3S/c1-7-2-3-8(13)9(6-7)14-12(16)10-4-5-11(19-10)15(17)18/h2-6H,1H3,(H,14,16). The van der Waals surface area contributed by atoms with Crippen molar-refractivity contribution in [3.63, 3.8) is 0 Å². The monoisotopic (exact) mass is 340 g/mol. The molecule has 0 atom stereocenters. The number of hydrogen-bond acceptors (Lipinski definition) is 4. The molecular weight excluding hydrogens is 332 g/mol. The maximum absolute atomic E-state index is 12.0. The van der Waals surface area contributed by atoms with Gasteiger partial charge in [-0.15, -0.1) is 0 Å². The van der Waals surface area contributed by atoms with Crippen LogP contribution in [0.25, 0.3) is 0 Å². The summed E-state index contributed by atoms with van der Waals surface area (Å²) in [5.74, 6) is -0.357. The third kappa shape index (κ3) is 3.18. The molecule has 1 heterocycles.